The van der Waals surface area contributed by atoms with E-state index < -0.39 is 0 Å². The van der Waals surface area contributed by atoms with Crippen molar-refractivity contribution in [1.29, 1.82) is 0 Å². The van der Waals surface area contributed by atoms with Crippen LogP contribution in [0.5, 0.6) is 0 Å². The van der Waals surface area contributed by atoms with Crippen LogP contribution in [0.2, 0.25) is 0 Å². The third kappa shape index (κ3) is 2.40. The van der Waals surface area contributed by atoms with Gasteiger partial charge in [-0.05, 0) is 12.0 Å². The molecule has 1 unspecified atom stereocenters. The maximum absolute atomic E-state index is 8.96. The average Bonchev–Trinajstić information content (AvgIpc) is 2.06. The minimum Gasteiger partial charge on any atom is -0.511 e. The predicted molar refractivity (Wildman–Crippen MR) is 49.9 cm³/mol. The molecule has 0 aliphatic heterocycles. The van der Waals surface area contributed by atoms with Crippen molar-refractivity contribution in [3.05, 3.63) is 48.2 Å². The molecule has 1 rings (SSSR count). The van der Waals surface area contributed by atoms with E-state index >= 15 is 0 Å². The van der Waals surface area contributed by atoms with E-state index in [1.165, 1.54) is 0 Å². The second kappa shape index (κ2) is 3.93. The van der Waals surface area contributed by atoms with Crippen LogP contribution in [0.25, 0.3) is 0 Å². The first-order valence-electron chi connectivity index (χ1n) is 3.87. The molecule has 2 nitrogen and oxygen atoms in total. The number of rotatable bonds is 3. The van der Waals surface area contributed by atoms with Crippen molar-refractivity contribution >= 4 is 0 Å². The van der Waals surface area contributed by atoms with Gasteiger partial charge in [0.25, 0.3) is 0 Å². The lowest BCUT2D eigenvalue weighted by Crippen LogP contribution is -2.24. The Balaban J connectivity index is 2.58. The second-order valence-electron chi connectivity index (χ2n) is 2.79. The Bertz CT molecular complexity index is 256. The van der Waals surface area contributed by atoms with Gasteiger partial charge in [0.05, 0.1) is 6.04 Å². The standard InChI is InChI=1S/C10H13NO/c1-8(12)10(11)7-9-5-3-2-4-6-9/h2-6,10,12H,1,7,11H2. The van der Waals surface area contributed by atoms with Crippen molar-refractivity contribution in [2.24, 2.45) is 5.73 Å². The fraction of sp³-hybridized carbons (Fsp3) is 0.200. The zero-order chi connectivity index (χ0) is 8.97. The van der Waals surface area contributed by atoms with E-state index in [-0.39, 0.29) is 11.8 Å². The Kier molecular flexibility index (Phi) is 2.88. The van der Waals surface area contributed by atoms with Gasteiger partial charge in [0.1, 0.15) is 5.76 Å². The molecule has 1 atom stereocenters. The van der Waals surface area contributed by atoms with Crippen LogP contribution < -0.4 is 5.73 Å². The van der Waals surface area contributed by atoms with Crippen molar-refractivity contribution < 1.29 is 5.11 Å². The van der Waals surface area contributed by atoms with Crippen molar-refractivity contribution in [2.45, 2.75) is 12.5 Å². The summed E-state index contributed by atoms with van der Waals surface area (Å²) in [4.78, 5) is 0. The number of hydrogen-bond donors (Lipinski definition) is 2. The van der Waals surface area contributed by atoms with Crippen molar-refractivity contribution in [3.8, 4) is 0 Å². The molecule has 0 fully saturated rings. The number of benzene rings is 1. The highest BCUT2D eigenvalue weighted by Gasteiger charge is 2.05. The summed E-state index contributed by atoms with van der Waals surface area (Å²) < 4.78 is 0. The number of aliphatic hydroxyl groups excluding tert-OH is 1. The number of nitrogens with two attached hydrogens (primary N) is 1. The van der Waals surface area contributed by atoms with E-state index in [1.807, 2.05) is 30.3 Å². The Morgan fingerprint density at radius 2 is 2.00 bits per heavy atom. The SMILES string of the molecule is C=C(O)C(N)Cc1ccccc1. The van der Waals surface area contributed by atoms with Crippen molar-refractivity contribution in [3.63, 3.8) is 0 Å². The average molecular weight is 163 g/mol. The van der Waals surface area contributed by atoms with Gasteiger partial charge >= 0.3 is 0 Å². The summed E-state index contributed by atoms with van der Waals surface area (Å²) >= 11 is 0. The summed E-state index contributed by atoms with van der Waals surface area (Å²) in [5.41, 5.74) is 6.71. The topological polar surface area (TPSA) is 46.2 Å². The molecular weight excluding hydrogens is 150 g/mol. The predicted octanol–water partition coefficient (Wildman–Crippen LogP) is 1.63. The number of hydrogen-bond acceptors (Lipinski definition) is 2. The van der Waals surface area contributed by atoms with Gasteiger partial charge in [-0.15, -0.1) is 0 Å². The first kappa shape index (κ1) is 8.81. The molecule has 0 aromatic heterocycles. The summed E-state index contributed by atoms with van der Waals surface area (Å²) in [7, 11) is 0. The molecule has 1 aromatic carbocycles. The monoisotopic (exact) mass is 163 g/mol. The molecule has 0 saturated carbocycles. The molecule has 0 bridgehead atoms. The maximum Gasteiger partial charge on any atom is 0.102 e. The lowest BCUT2D eigenvalue weighted by molar-refractivity contribution is 0.368. The summed E-state index contributed by atoms with van der Waals surface area (Å²) in [5.74, 6) is 0.0406. The molecule has 0 heterocycles. The summed E-state index contributed by atoms with van der Waals surface area (Å²) in [6.45, 7) is 3.38. The molecular formula is C10H13NO. The van der Waals surface area contributed by atoms with E-state index in [9.17, 15) is 0 Å². The lowest BCUT2D eigenvalue weighted by atomic mass is 10.1. The second-order valence-corrected chi connectivity index (χ2v) is 2.79. The Labute approximate surface area is 72.3 Å². The largest absolute Gasteiger partial charge is 0.511 e. The quantitative estimate of drug-likeness (QED) is 0.665. The summed E-state index contributed by atoms with van der Waals surface area (Å²) in [6.07, 6.45) is 0.635. The molecule has 2 heteroatoms. The van der Waals surface area contributed by atoms with Crippen LogP contribution in [0.1, 0.15) is 5.56 Å². The molecule has 0 aliphatic rings. The summed E-state index contributed by atoms with van der Waals surface area (Å²) in [6, 6.07) is 9.44. The van der Waals surface area contributed by atoms with Crippen LogP contribution in [0.3, 0.4) is 0 Å². The zero-order valence-corrected chi connectivity index (χ0v) is 6.90. The number of aliphatic hydroxyl groups is 1. The van der Waals surface area contributed by atoms with Crippen LogP contribution in [0.15, 0.2) is 42.7 Å². The van der Waals surface area contributed by atoms with E-state index in [0.29, 0.717) is 6.42 Å². The Morgan fingerprint density at radius 1 is 1.42 bits per heavy atom. The highest BCUT2D eigenvalue weighted by atomic mass is 16.3. The minimum atomic E-state index is -0.354. The lowest BCUT2D eigenvalue weighted by Gasteiger charge is -2.08. The van der Waals surface area contributed by atoms with Crippen molar-refractivity contribution in [1.82, 2.24) is 0 Å². The third-order valence-corrected chi connectivity index (χ3v) is 1.73. The first-order valence-corrected chi connectivity index (χ1v) is 3.87. The Hall–Kier alpha value is -1.28. The maximum atomic E-state index is 8.96. The van der Waals surface area contributed by atoms with Gasteiger partial charge < -0.3 is 10.8 Å². The van der Waals surface area contributed by atoms with Gasteiger partial charge in [0.15, 0.2) is 0 Å². The van der Waals surface area contributed by atoms with Crippen LogP contribution in [0.4, 0.5) is 0 Å². The Morgan fingerprint density at radius 3 is 2.50 bits per heavy atom. The van der Waals surface area contributed by atoms with Gasteiger partial charge in [-0.2, -0.15) is 0 Å². The van der Waals surface area contributed by atoms with Crippen LogP contribution in [-0.2, 0) is 6.42 Å². The highest BCUT2D eigenvalue weighted by Crippen LogP contribution is 2.04. The zero-order valence-electron chi connectivity index (χ0n) is 6.90. The molecule has 0 radical (unpaired) electrons. The van der Waals surface area contributed by atoms with Gasteiger partial charge in [-0.25, -0.2) is 0 Å². The van der Waals surface area contributed by atoms with Crippen molar-refractivity contribution in [2.75, 3.05) is 0 Å². The molecule has 0 saturated heterocycles. The molecule has 0 spiro atoms. The van der Waals surface area contributed by atoms with Gasteiger partial charge in [0, 0.05) is 0 Å². The van der Waals surface area contributed by atoms with E-state index in [0.717, 1.165) is 5.56 Å². The fourth-order valence-electron chi connectivity index (χ4n) is 0.986. The normalized spacial score (nSPS) is 12.4. The molecule has 3 N–H and O–H groups in total. The molecule has 0 aliphatic carbocycles. The van der Waals surface area contributed by atoms with Gasteiger partial charge in [-0.1, -0.05) is 36.9 Å². The highest BCUT2D eigenvalue weighted by molar-refractivity contribution is 5.17. The molecule has 0 amide bonds. The fourth-order valence-corrected chi connectivity index (χ4v) is 0.986. The van der Waals surface area contributed by atoms with Gasteiger partial charge in [0.2, 0.25) is 0 Å². The van der Waals surface area contributed by atoms with Crippen LogP contribution in [-0.4, -0.2) is 11.1 Å². The van der Waals surface area contributed by atoms with E-state index in [1.54, 1.807) is 0 Å². The first-order chi connectivity index (χ1) is 5.70. The smallest absolute Gasteiger partial charge is 0.102 e. The molecule has 12 heavy (non-hydrogen) atoms. The van der Waals surface area contributed by atoms with E-state index in [4.69, 9.17) is 10.8 Å². The minimum absolute atomic E-state index is 0.0406. The van der Waals surface area contributed by atoms with E-state index in [2.05, 4.69) is 6.58 Å². The van der Waals surface area contributed by atoms with Crippen LogP contribution in [0, 0.1) is 0 Å². The van der Waals surface area contributed by atoms with Gasteiger partial charge in [-0.3, -0.25) is 0 Å². The third-order valence-electron chi connectivity index (χ3n) is 1.73. The molecule has 1 aromatic rings. The summed E-state index contributed by atoms with van der Waals surface area (Å²) in [5, 5.41) is 8.96. The van der Waals surface area contributed by atoms with Crippen LogP contribution >= 0.6 is 0 Å². The molecule has 64 valence electrons.